The fraction of sp³-hybridized carbons (Fsp3) is 0.469. The monoisotopic (exact) mass is 569 g/mol. The topological polar surface area (TPSA) is 78.8 Å². The van der Waals surface area contributed by atoms with Crippen LogP contribution in [0.25, 0.3) is 21.8 Å². The lowest BCUT2D eigenvalue weighted by Crippen LogP contribution is -2.41. The van der Waals surface area contributed by atoms with Crippen LogP contribution in [0.1, 0.15) is 68.7 Å². The summed E-state index contributed by atoms with van der Waals surface area (Å²) < 4.78 is 0. The Kier molecular flexibility index (Phi) is 12.4. The zero-order chi connectivity index (χ0) is 25.5. The van der Waals surface area contributed by atoms with Gasteiger partial charge in [-0.1, -0.05) is 69.0 Å². The fourth-order valence-corrected chi connectivity index (χ4v) is 5.88. The molecule has 5 nitrogen and oxygen atoms in total. The van der Waals surface area contributed by atoms with Crippen molar-refractivity contribution in [2.45, 2.75) is 83.2 Å². The number of aromatic nitrogens is 2. The fourth-order valence-electron chi connectivity index (χ4n) is 5.88. The molecule has 0 saturated carbocycles. The molecule has 0 bridgehead atoms. The second-order valence-electron chi connectivity index (χ2n) is 10.8. The zero-order valence-electron chi connectivity index (χ0n) is 23.2. The third-order valence-corrected chi connectivity index (χ3v) is 7.88. The maximum absolute atomic E-state index is 6.59. The van der Waals surface area contributed by atoms with Crippen molar-refractivity contribution < 1.29 is 0 Å². The van der Waals surface area contributed by atoms with Crippen molar-refractivity contribution in [1.82, 2.24) is 15.3 Å². The van der Waals surface area contributed by atoms with Crippen molar-refractivity contribution in [3.63, 3.8) is 0 Å². The summed E-state index contributed by atoms with van der Waals surface area (Å²) in [5, 5.41) is 10.3. The summed E-state index contributed by atoms with van der Waals surface area (Å²) in [5.41, 5.74) is 14.3. The second kappa shape index (κ2) is 15.5. The van der Waals surface area contributed by atoms with Gasteiger partial charge in [-0.25, -0.2) is 0 Å². The Balaban J connectivity index is 0.00000210. The number of unbranched alkanes of at least 4 members (excludes halogenated alkanes) is 3. The van der Waals surface area contributed by atoms with Crippen molar-refractivity contribution in [2.75, 3.05) is 18.4 Å². The van der Waals surface area contributed by atoms with Crippen LogP contribution >= 0.6 is 24.8 Å². The van der Waals surface area contributed by atoms with Gasteiger partial charge in [-0.3, -0.25) is 4.98 Å². The van der Waals surface area contributed by atoms with E-state index < -0.39 is 0 Å². The molecule has 0 saturated heterocycles. The molecule has 2 heterocycles. The lowest BCUT2D eigenvalue weighted by atomic mass is 9.92. The van der Waals surface area contributed by atoms with E-state index >= 15 is 0 Å². The number of hydrogen-bond acceptors (Lipinski definition) is 4. The minimum absolute atomic E-state index is 0. The third-order valence-electron chi connectivity index (χ3n) is 7.88. The van der Waals surface area contributed by atoms with Crippen LogP contribution in [-0.4, -0.2) is 35.1 Å². The summed E-state index contributed by atoms with van der Waals surface area (Å²) in [5.74, 6) is 0. The molecule has 39 heavy (non-hydrogen) atoms. The number of rotatable bonds is 13. The van der Waals surface area contributed by atoms with E-state index in [-0.39, 0.29) is 30.9 Å². The summed E-state index contributed by atoms with van der Waals surface area (Å²) in [6, 6.07) is 17.6. The zero-order valence-corrected chi connectivity index (χ0v) is 24.8. The number of para-hydroxylation sites is 2. The molecule has 4 aromatic rings. The second-order valence-corrected chi connectivity index (χ2v) is 10.8. The number of nitrogens with zero attached hydrogens (tertiary/aromatic N) is 1. The van der Waals surface area contributed by atoms with E-state index in [1.54, 1.807) is 0 Å². The third kappa shape index (κ3) is 7.88. The van der Waals surface area contributed by atoms with E-state index in [1.165, 1.54) is 77.3 Å². The molecule has 2 unspecified atom stereocenters. The molecule has 0 spiro atoms. The highest BCUT2D eigenvalue weighted by atomic mass is 35.5. The molecule has 0 fully saturated rings. The Labute approximate surface area is 245 Å². The van der Waals surface area contributed by atoms with Crippen LogP contribution in [0.2, 0.25) is 0 Å². The number of aryl methyl sites for hydroxylation is 1. The lowest BCUT2D eigenvalue weighted by Gasteiger charge is -2.27. The van der Waals surface area contributed by atoms with Crippen LogP contribution in [0.4, 0.5) is 5.69 Å². The number of H-pyrrole nitrogens is 1. The predicted molar refractivity (Wildman–Crippen MR) is 172 cm³/mol. The molecule has 212 valence electrons. The van der Waals surface area contributed by atoms with Gasteiger partial charge in [-0.2, -0.15) is 0 Å². The summed E-state index contributed by atoms with van der Waals surface area (Å²) in [6.07, 6.45) is 14.0. The molecule has 7 heteroatoms. The number of pyridine rings is 1. The van der Waals surface area contributed by atoms with Crippen molar-refractivity contribution in [1.29, 1.82) is 0 Å². The largest absolute Gasteiger partial charge is 0.380 e. The standard InChI is InChI=1S/C32H43N5.2ClH/c1-2-3-4-5-12-25(22-34-21-24(33)19-23-20-35-29-16-9-6-13-26(23)29)36-32-27-14-7-10-17-30(27)37-31-18-11-8-15-28(31)32;;/h6-7,9-10,13-14,16-17,20,24-25,34-35H,2-5,8,11-12,15,18-19,21-22,33H2,1H3,(H,36,37);2*1H. The molecule has 5 rings (SSSR count). The van der Waals surface area contributed by atoms with Crippen LogP contribution in [0, 0.1) is 0 Å². The SMILES string of the molecule is CCCCCCC(CNCC(N)Cc1c[nH]c2ccccc12)Nc1c2c(nc3ccccc13)CCCC2.Cl.Cl. The highest BCUT2D eigenvalue weighted by Gasteiger charge is 2.20. The summed E-state index contributed by atoms with van der Waals surface area (Å²) >= 11 is 0. The Morgan fingerprint density at radius 2 is 1.69 bits per heavy atom. The number of halogens is 2. The number of nitrogens with two attached hydrogens (primary N) is 1. The highest BCUT2D eigenvalue weighted by molar-refractivity contribution is 5.93. The minimum atomic E-state index is 0. The average molecular weight is 571 g/mol. The number of benzene rings is 2. The first-order valence-electron chi connectivity index (χ1n) is 14.4. The molecule has 0 amide bonds. The van der Waals surface area contributed by atoms with Gasteiger partial charge in [0.2, 0.25) is 0 Å². The van der Waals surface area contributed by atoms with Crippen LogP contribution in [0.5, 0.6) is 0 Å². The Bertz CT molecular complexity index is 1300. The molecule has 0 radical (unpaired) electrons. The van der Waals surface area contributed by atoms with E-state index in [1.807, 2.05) is 0 Å². The maximum atomic E-state index is 6.59. The van der Waals surface area contributed by atoms with Gasteiger partial charge in [-0.15, -0.1) is 24.8 Å². The summed E-state index contributed by atoms with van der Waals surface area (Å²) in [4.78, 5) is 8.41. The lowest BCUT2D eigenvalue weighted by molar-refractivity contribution is 0.507. The van der Waals surface area contributed by atoms with Crippen molar-refractivity contribution >= 4 is 52.3 Å². The molecule has 0 aliphatic heterocycles. The quantitative estimate of drug-likeness (QED) is 0.127. The molecule has 1 aliphatic rings. The van der Waals surface area contributed by atoms with Gasteiger partial charge in [0, 0.05) is 59.0 Å². The van der Waals surface area contributed by atoms with Gasteiger partial charge < -0.3 is 21.4 Å². The smallest absolute Gasteiger partial charge is 0.0726 e. The summed E-state index contributed by atoms with van der Waals surface area (Å²) in [6.45, 7) is 4.00. The van der Waals surface area contributed by atoms with Gasteiger partial charge in [0.05, 0.1) is 5.52 Å². The number of aromatic amines is 1. The van der Waals surface area contributed by atoms with E-state index in [4.69, 9.17) is 10.7 Å². The average Bonchev–Trinajstić information content (AvgIpc) is 3.33. The number of hydrogen-bond donors (Lipinski definition) is 4. The van der Waals surface area contributed by atoms with Gasteiger partial charge >= 0.3 is 0 Å². The number of fused-ring (bicyclic) bond motifs is 3. The van der Waals surface area contributed by atoms with Crippen LogP contribution in [-0.2, 0) is 19.3 Å². The number of anilines is 1. The molecule has 2 aromatic carbocycles. The molecule has 2 atom stereocenters. The first-order valence-corrected chi connectivity index (χ1v) is 14.4. The van der Waals surface area contributed by atoms with Crippen molar-refractivity contribution in [2.24, 2.45) is 5.73 Å². The maximum Gasteiger partial charge on any atom is 0.0726 e. The first-order chi connectivity index (χ1) is 18.2. The van der Waals surface area contributed by atoms with Crippen LogP contribution in [0.3, 0.4) is 0 Å². The first kappa shape index (κ1) is 31.2. The van der Waals surface area contributed by atoms with Gasteiger partial charge in [0.25, 0.3) is 0 Å². The predicted octanol–water partition coefficient (Wildman–Crippen LogP) is 7.35. The molecule has 5 N–H and O–H groups in total. The normalized spacial score (nSPS) is 14.3. The van der Waals surface area contributed by atoms with E-state index in [9.17, 15) is 0 Å². The molecule has 1 aliphatic carbocycles. The summed E-state index contributed by atoms with van der Waals surface area (Å²) in [7, 11) is 0. The van der Waals surface area contributed by atoms with Crippen LogP contribution in [0.15, 0.2) is 54.7 Å². The van der Waals surface area contributed by atoms with Crippen molar-refractivity contribution in [3.8, 4) is 0 Å². The van der Waals surface area contributed by atoms with E-state index in [0.717, 1.165) is 44.3 Å². The molecule has 2 aromatic heterocycles. The Hall–Kier alpha value is -2.31. The Morgan fingerprint density at radius 3 is 2.54 bits per heavy atom. The minimum Gasteiger partial charge on any atom is -0.380 e. The van der Waals surface area contributed by atoms with E-state index in [2.05, 4.69) is 77.3 Å². The van der Waals surface area contributed by atoms with Crippen LogP contribution < -0.4 is 16.4 Å². The molecular weight excluding hydrogens is 525 g/mol. The van der Waals surface area contributed by atoms with Crippen molar-refractivity contribution in [3.05, 3.63) is 71.5 Å². The van der Waals surface area contributed by atoms with Gasteiger partial charge in [0.1, 0.15) is 0 Å². The van der Waals surface area contributed by atoms with E-state index in [0.29, 0.717) is 6.04 Å². The highest BCUT2D eigenvalue weighted by Crippen LogP contribution is 2.34. The van der Waals surface area contributed by atoms with Gasteiger partial charge in [0.15, 0.2) is 0 Å². The number of nitrogens with one attached hydrogen (secondary N) is 3. The van der Waals surface area contributed by atoms with Gasteiger partial charge in [-0.05, 0) is 61.8 Å². The Morgan fingerprint density at radius 1 is 0.923 bits per heavy atom. The molecular formula is C32H45Cl2N5.